The Bertz CT molecular complexity index is 1080. The van der Waals surface area contributed by atoms with E-state index in [0.29, 0.717) is 22.6 Å². The van der Waals surface area contributed by atoms with Gasteiger partial charge in [-0.1, -0.05) is 53.7 Å². The lowest BCUT2D eigenvalue weighted by Crippen LogP contribution is -2.34. The third-order valence-corrected chi connectivity index (χ3v) is 5.06. The van der Waals surface area contributed by atoms with E-state index in [4.69, 9.17) is 5.73 Å². The Labute approximate surface area is 166 Å². The summed E-state index contributed by atoms with van der Waals surface area (Å²) in [4.78, 5) is 40.3. The standard InChI is InChI=1S/C20H20N4O3S/c1-13-6-8-14(9-7-13)11-24-19(27)15-4-2-3-5-16(15)23-20(24)28-12-18(26)22-10-17(21)25/h2-9H,10-12H2,1H3,(H2,21,25)(H,22,26). The predicted octanol–water partition coefficient (Wildman–Crippen LogP) is 1.45. The first-order chi connectivity index (χ1) is 13.4. The van der Waals surface area contributed by atoms with Crippen molar-refractivity contribution < 1.29 is 9.59 Å². The summed E-state index contributed by atoms with van der Waals surface area (Å²) in [5, 5.41) is 3.40. The summed E-state index contributed by atoms with van der Waals surface area (Å²) >= 11 is 1.15. The van der Waals surface area contributed by atoms with Crippen LogP contribution in [0.4, 0.5) is 0 Å². The van der Waals surface area contributed by atoms with Crippen molar-refractivity contribution >= 4 is 34.5 Å². The molecule has 0 atom stereocenters. The minimum atomic E-state index is -0.613. The van der Waals surface area contributed by atoms with Crippen molar-refractivity contribution in [1.82, 2.24) is 14.9 Å². The van der Waals surface area contributed by atoms with Crippen molar-refractivity contribution in [3.8, 4) is 0 Å². The number of nitrogens with zero attached hydrogens (tertiary/aromatic N) is 2. The van der Waals surface area contributed by atoms with E-state index in [9.17, 15) is 14.4 Å². The smallest absolute Gasteiger partial charge is 0.262 e. The summed E-state index contributed by atoms with van der Waals surface area (Å²) in [7, 11) is 0. The van der Waals surface area contributed by atoms with Gasteiger partial charge in [0.2, 0.25) is 11.8 Å². The van der Waals surface area contributed by atoms with E-state index < -0.39 is 5.91 Å². The molecule has 144 valence electrons. The van der Waals surface area contributed by atoms with E-state index >= 15 is 0 Å². The molecule has 0 saturated heterocycles. The van der Waals surface area contributed by atoms with Gasteiger partial charge in [-0.05, 0) is 24.6 Å². The molecule has 3 N–H and O–H groups in total. The Morgan fingerprint density at radius 2 is 1.86 bits per heavy atom. The largest absolute Gasteiger partial charge is 0.368 e. The highest BCUT2D eigenvalue weighted by Gasteiger charge is 2.14. The number of hydrogen-bond donors (Lipinski definition) is 2. The first kappa shape index (κ1) is 19.6. The van der Waals surface area contributed by atoms with Gasteiger partial charge in [0.25, 0.3) is 5.56 Å². The third kappa shape index (κ3) is 4.77. The maximum absolute atomic E-state index is 13.0. The molecular weight excluding hydrogens is 376 g/mol. The molecule has 0 spiro atoms. The molecule has 28 heavy (non-hydrogen) atoms. The number of aryl methyl sites for hydroxylation is 1. The van der Waals surface area contributed by atoms with Crippen LogP contribution in [0.2, 0.25) is 0 Å². The highest BCUT2D eigenvalue weighted by atomic mass is 32.2. The first-order valence-electron chi connectivity index (χ1n) is 8.67. The Morgan fingerprint density at radius 3 is 2.57 bits per heavy atom. The fraction of sp³-hybridized carbons (Fsp3) is 0.200. The Hall–Kier alpha value is -3.13. The molecule has 0 saturated carbocycles. The van der Waals surface area contributed by atoms with E-state index in [2.05, 4.69) is 10.3 Å². The van der Waals surface area contributed by atoms with Crippen molar-refractivity contribution in [2.45, 2.75) is 18.6 Å². The zero-order chi connectivity index (χ0) is 20.1. The second-order valence-corrected chi connectivity index (χ2v) is 7.26. The molecule has 0 aliphatic rings. The number of benzene rings is 2. The van der Waals surface area contributed by atoms with E-state index in [1.165, 1.54) is 0 Å². The van der Waals surface area contributed by atoms with Crippen molar-refractivity contribution in [3.05, 3.63) is 70.0 Å². The molecule has 7 nitrogen and oxygen atoms in total. The lowest BCUT2D eigenvalue weighted by Gasteiger charge is -2.13. The van der Waals surface area contributed by atoms with Crippen molar-refractivity contribution in [2.24, 2.45) is 5.73 Å². The van der Waals surface area contributed by atoms with Gasteiger partial charge in [0.15, 0.2) is 5.16 Å². The number of primary amides is 1. The fourth-order valence-corrected chi connectivity index (χ4v) is 3.47. The normalized spacial score (nSPS) is 10.8. The lowest BCUT2D eigenvalue weighted by molar-refractivity contribution is -0.123. The molecule has 0 fully saturated rings. The average Bonchev–Trinajstić information content (AvgIpc) is 2.68. The fourth-order valence-electron chi connectivity index (χ4n) is 2.64. The third-order valence-electron chi connectivity index (χ3n) is 4.08. The van der Waals surface area contributed by atoms with Crippen molar-refractivity contribution in [1.29, 1.82) is 0 Å². The molecule has 1 heterocycles. The van der Waals surface area contributed by atoms with Gasteiger partial charge in [-0.15, -0.1) is 0 Å². The van der Waals surface area contributed by atoms with Crippen LogP contribution in [0.25, 0.3) is 10.9 Å². The number of carbonyl (C=O) groups excluding carboxylic acids is 2. The van der Waals surface area contributed by atoms with Crippen LogP contribution in [0, 0.1) is 6.92 Å². The molecule has 2 amide bonds. The minimum absolute atomic E-state index is 0.0198. The van der Waals surface area contributed by atoms with Crippen LogP contribution in [0.15, 0.2) is 58.5 Å². The molecular formula is C20H20N4O3S. The maximum atomic E-state index is 13.0. The van der Waals surface area contributed by atoms with Crippen LogP contribution in [-0.4, -0.2) is 33.7 Å². The summed E-state index contributed by atoms with van der Waals surface area (Å²) < 4.78 is 1.57. The summed E-state index contributed by atoms with van der Waals surface area (Å²) in [6, 6.07) is 15.0. The first-order valence-corrected chi connectivity index (χ1v) is 9.65. The molecule has 8 heteroatoms. The Kier molecular flexibility index (Phi) is 6.10. The molecule has 1 aromatic heterocycles. The number of nitrogens with two attached hydrogens (primary N) is 1. The van der Waals surface area contributed by atoms with Crippen molar-refractivity contribution in [2.75, 3.05) is 12.3 Å². The van der Waals surface area contributed by atoms with E-state index in [1.54, 1.807) is 22.8 Å². The number of nitrogens with one attached hydrogen (secondary N) is 1. The number of amides is 2. The Morgan fingerprint density at radius 1 is 1.14 bits per heavy atom. The van der Waals surface area contributed by atoms with Gasteiger partial charge in [0, 0.05) is 0 Å². The van der Waals surface area contributed by atoms with Crippen molar-refractivity contribution in [3.63, 3.8) is 0 Å². The molecule has 3 aromatic rings. The summed E-state index contributed by atoms with van der Waals surface area (Å²) in [6.07, 6.45) is 0. The number of aromatic nitrogens is 2. The summed E-state index contributed by atoms with van der Waals surface area (Å²) in [6.45, 7) is 2.13. The molecule has 2 aromatic carbocycles. The van der Waals surface area contributed by atoms with Crippen LogP contribution >= 0.6 is 11.8 Å². The van der Waals surface area contributed by atoms with Crippen LogP contribution in [-0.2, 0) is 16.1 Å². The van der Waals surface area contributed by atoms with Crippen LogP contribution in [0.1, 0.15) is 11.1 Å². The molecule has 0 radical (unpaired) electrons. The minimum Gasteiger partial charge on any atom is -0.368 e. The molecule has 0 aliphatic heterocycles. The highest BCUT2D eigenvalue weighted by molar-refractivity contribution is 7.99. The average molecular weight is 396 g/mol. The van der Waals surface area contributed by atoms with Gasteiger partial charge in [-0.25, -0.2) is 4.98 Å². The molecule has 0 aliphatic carbocycles. The van der Waals surface area contributed by atoms with E-state index in [1.807, 2.05) is 37.3 Å². The van der Waals surface area contributed by atoms with Gasteiger partial charge >= 0.3 is 0 Å². The SMILES string of the molecule is Cc1ccc(Cn2c(SCC(=O)NCC(N)=O)nc3ccccc3c2=O)cc1. The van der Waals surface area contributed by atoms with Crippen LogP contribution in [0.5, 0.6) is 0 Å². The molecule has 0 bridgehead atoms. The summed E-state index contributed by atoms with van der Waals surface area (Å²) in [5.41, 5.74) is 7.54. The van der Waals surface area contributed by atoms with Crippen LogP contribution in [0.3, 0.4) is 0 Å². The number of thioether (sulfide) groups is 1. The van der Waals surface area contributed by atoms with Gasteiger partial charge in [-0.3, -0.25) is 19.0 Å². The zero-order valence-electron chi connectivity index (χ0n) is 15.3. The van der Waals surface area contributed by atoms with Crippen LogP contribution < -0.4 is 16.6 Å². The second-order valence-electron chi connectivity index (χ2n) is 6.32. The number of para-hydroxylation sites is 1. The number of fused-ring (bicyclic) bond motifs is 1. The lowest BCUT2D eigenvalue weighted by atomic mass is 10.1. The quantitative estimate of drug-likeness (QED) is 0.464. The molecule has 3 rings (SSSR count). The number of rotatable bonds is 7. The number of hydrogen-bond acceptors (Lipinski definition) is 5. The monoisotopic (exact) mass is 396 g/mol. The van der Waals surface area contributed by atoms with E-state index in [0.717, 1.165) is 22.9 Å². The van der Waals surface area contributed by atoms with Gasteiger partial charge < -0.3 is 11.1 Å². The predicted molar refractivity (Wildman–Crippen MR) is 109 cm³/mol. The topological polar surface area (TPSA) is 107 Å². The zero-order valence-corrected chi connectivity index (χ0v) is 16.2. The van der Waals surface area contributed by atoms with Gasteiger partial charge in [0.1, 0.15) is 0 Å². The number of carbonyl (C=O) groups is 2. The molecule has 0 unspecified atom stereocenters. The van der Waals surface area contributed by atoms with Gasteiger partial charge in [0.05, 0.1) is 29.7 Å². The second kappa shape index (κ2) is 8.71. The van der Waals surface area contributed by atoms with Gasteiger partial charge in [-0.2, -0.15) is 0 Å². The highest BCUT2D eigenvalue weighted by Crippen LogP contribution is 2.19. The Balaban J connectivity index is 1.92. The van der Waals surface area contributed by atoms with E-state index in [-0.39, 0.29) is 23.8 Å². The summed E-state index contributed by atoms with van der Waals surface area (Å²) in [5.74, 6) is -0.946. The maximum Gasteiger partial charge on any atom is 0.262 e.